The van der Waals surface area contributed by atoms with Crippen LogP contribution in [0.3, 0.4) is 0 Å². The highest BCUT2D eigenvalue weighted by molar-refractivity contribution is 6.14. The quantitative estimate of drug-likeness (QED) is 0.761. The molecule has 2 bridgehead atoms. The number of carbonyl (C=O) groups excluding carboxylic acids is 2. The molecule has 2 aromatic rings. The highest BCUT2D eigenvalue weighted by Gasteiger charge is 2.81. The van der Waals surface area contributed by atoms with Gasteiger partial charge in [-0.1, -0.05) is 48.5 Å². The van der Waals surface area contributed by atoms with Crippen molar-refractivity contribution in [3.8, 4) is 0 Å². The van der Waals surface area contributed by atoms with Crippen LogP contribution in [0.4, 0.5) is 0 Å². The van der Waals surface area contributed by atoms with Crippen molar-refractivity contribution in [3.05, 3.63) is 70.8 Å². The number of nitrogens with one attached hydrogen (secondary N) is 1. The standard InChI is InChI=1S/C20H15NO2/c22-17-19-9-10-20(19,18(23)21-17)16-12-6-2-1-5-11(12)15(19)13-7-3-4-8-14(13)16/h1-8,15-16H,9-10H2,(H,21,22,23). The van der Waals surface area contributed by atoms with Crippen molar-refractivity contribution in [2.75, 3.05) is 0 Å². The predicted octanol–water partition coefficient (Wildman–Crippen LogP) is 2.70. The largest absolute Gasteiger partial charge is 0.295 e. The van der Waals surface area contributed by atoms with Gasteiger partial charge in [-0.25, -0.2) is 0 Å². The second-order valence-electron chi connectivity index (χ2n) is 7.35. The van der Waals surface area contributed by atoms with Crippen molar-refractivity contribution < 1.29 is 9.59 Å². The topological polar surface area (TPSA) is 46.2 Å². The summed E-state index contributed by atoms with van der Waals surface area (Å²) in [5, 5.41) is 2.69. The lowest BCUT2D eigenvalue weighted by atomic mass is 9.33. The van der Waals surface area contributed by atoms with Gasteiger partial charge in [-0.15, -0.1) is 0 Å². The van der Waals surface area contributed by atoms with Crippen molar-refractivity contribution >= 4 is 11.8 Å². The molecule has 3 nitrogen and oxygen atoms in total. The smallest absolute Gasteiger partial charge is 0.234 e. The molecule has 2 aromatic carbocycles. The van der Waals surface area contributed by atoms with Gasteiger partial charge in [0, 0.05) is 11.8 Å². The number of rotatable bonds is 0. The van der Waals surface area contributed by atoms with Crippen LogP contribution in [0.15, 0.2) is 48.5 Å². The average molecular weight is 301 g/mol. The fourth-order valence-corrected chi connectivity index (χ4v) is 6.16. The molecule has 23 heavy (non-hydrogen) atoms. The Morgan fingerprint density at radius 3 is 1.35 bits per heavy atom. The Morgan fingerprint density at radius 2 is 1.04 bits per heavy atom. The van der Waals surface area contributed by atoms with Gasteiger partial charge in [0.1, 0.15) is 0 Å². The molecule has 112 valence electrons. The van der Waals surface area contributed by atoms with Crippen LogP contribution in [0.25, 0.3) is 0 Å². The van der Waals surface area contributed by atoms with E-state index in [4.69, 9.17) is 0 Å². The fraction of sp³-hybridized carbons (Fsp3) is 0.300. The van der Waals surface area contributed by atoms with Crippen LogP contribution in [0.5, 0.6) is 0 Å². The molecule has 2 atom stereocenters. The SMILES string of the molecule is O=C1NC(=O)C23CCC12C1c2ccccc2C3c2ccccc21. The number of carbonyl (C=O) groups is 2. The molecule has 4 aliphatic carbocycles. The van der Waals surface area contributed by atoms with Crippen LogP contribution in [-0.2, 0) is 9.59 Å². The van der Waals surface area contributed by atoms with Crippen molar-refractivity contribution in [3.63, 3.8) is 0 Å². The molecular weight excluding hydrogens is 286 g/mol. The Hall–Kier alpha value is -2.42. The number of hydrogen-bond acceptors (Lipinski definition) is 2. The van der Waals surface area contributed by atoms with E-state index in [-0.39, 0.29) is 23.7 Å². The van der Waals surface area contributed by atoms with Gasteiger partial charge < -0.3 is 0 Å². The highest BCUT2D eigenvalue weighted by Crippen LogP contribution is 2.79. The lowest BCUT2D eigenvalue weighted by molar-refractivity contribution is -0.160. The summed E-state index contributed by atoms with van der Waals surface area (Å²) in [7, 11) is 0. The van der Waals surface area contributed by atoms with E-state index in [1.807, 2.05) is 24.3 Å². The molecule has 2 fully saturated rings. The van der Waals surface area contributed by atoms with Gasteiger partial charge in [0.05, 0.1) is 10.8 Å². The van der Waals surface area contributed by atoms with E-state index in [0.717, 1.165) is 12.8 Å². The normalized spacial score (nSPS) is 38.1. The zero-order chi connectivity index (χ0) is 15.4. The Bertz CT molecular complexity index is 811. The van der Waals surface area contributed by atoms with Gasteiger partial charge in [0.15, 0.2) is 0 Å². The summed E-state index contributed by atoms with van der Waals surface area (Å²) in [5.74, 6) is -0.0688. The van der Waals surface area contributed by atoms with Crippen molar-refractivity contribution in [1.82, 2.24) is 5.32 Å². The Labute approximate surface area is 133 Å². The maximum Gasteiger partial charge on any atom is 0.234 e. The van der Waals surface area contributed by atoms with E-state index in [1.165, 1.54) is 22.3 Å². The van der Waals surface area contributed by atoms with Crippen molar-refractivity contribution in [2.24, 2.45) is 10.8 Å². The summed E-state index contributed by atoms with van der Waals surface area (Å²) in [4.78, 5) is 25.7. The fourth-order valence-electron chi connectivity index (χ4n) is 6.16. The first-order valence-corrected chi connectivity index (χ1v) is 8.25. The highest BCUT2D eigenvalue weighted by atomic mass is 16.2. The minimum Gasteiger partial charge on any atom is -0.295 e. The molecule has 7 rings (SSSR count). The third-order valence-electron chi connectivity index (χ3n) is 6.97. The lowest BCUT2D eigenvalue weighted by Gasteiger charge is -2.65. The number of imide groups is 1. The third kappa shape index (κ3) is 0.956. The maximum atomic E-state index is 12.9. The molecule has 0 spiro atoms. The van der Waals surface area contributed by atoms with E-state index < -0.39 is 10.8 Å². The Morgan fingerprint density at radius 1 is 0.696 bits per heavy atom. The van der Waals surface area contributed by atoms with Gasteiger partial charge in [0.2, 0.25) is 11.8 Å². The van der Waals surface area contributed by atoms with Gasteiger partial charge in [0.25, 0.3) is 0 Å². The molecule has 2 unspecified atom stereocenters. The molecule has 0 radical (unpaired) electrons. The molecule has 1 heterocycles. The summed E-state index contributed by atoms with van der Waals surface area (Å²) >= 11 is 0. The molecule has 1 saturated carbocycles. The minimum atomic E-state index is -0.558. The van der Waals surface area contributed by atoms with Crippen LogP contribution < -0.4 is 5.32 Å². The van der Waals surface area contributed by atoms with Crippen LogP contribution in [-0.4, -0.2) is 11.8 Å². The molecule has 5 aliphatic rings. The zero-order valence-corrected chi connectivity index (χ0v) is 12.5. The summed E-state index contributed by atoms with van der Waals surface area (Å²) < 4.78 is 0. The van der Waals surface area contributed by atoms with Crippen molar-refractivity contribution in [2.45, 2.75) is 24.7 Å². The summed E-state index contributed by atoms with van der Waals surface area (Å²) in [6.45, 7) is 0. The number of amides is 2. The molecule has 1 aliphatic heterocycles. The third-order valence-corrected chi connectivity index (χ3v) is 6.97. The van der Waals surface area contributed by atoms with E-state index in [9.17, 15) is 9.59 Å². The number of hydrogen-bond donors (Lipinski definition) is 1. The van der Waals surface area contributed by atoms with Crippen LogP contribution in [0.2, 0.25) is 0 Å². The molecule has 1 N–H and O–H groups in total. The molecule has 0 aromatic heterocycles. The van der Waals surface area contributed by atoms with Crippen LogP contribution in [0.1, 0.15) is 46.9 Å². The van der Waals surface area contributed by atoms with E-state index in [1.54, 1.807) is 0 Å². The lowest BCUT2D eigenvalue weighted by Crippen LogP contribution is -2.65. The zero-order valence-electron chi connectivity index (χ0n) is 12.5. The monoisotopic (exact) mass is 301 g/mol. The first-order chi connectivity index (χ1) is 11.2. The van der Waals surface area contributed by atoms with Gasteiger partial charge in [-0.05, 0) is 35.1 Å². The average Bonchev–Trinajstić information content (AvgIpc) is 2.72. The first-order valence-electron chi connectivity index (χ1n) is 8.25. The summed E-state index contributed by atoms with van der Waals surface area (Å²) in [5.41, 5.74) is 3.87. The molecule has 3 heteroatoms. The summed E-state index contributed by atoms with van der Waals surface area (Å²) in [6.07, 6.45) is 1.63. The number of benzene rings is 2. The maximum absolute atomic E-state index is 12.9. The van der Waals surface area contributed by atoms with E-state index in [2.05, 4.69) is 29.6 Å². The second kappa shape index (κ2) is 3.40. The second-order valence-corrected chi connectivity index (χ2v) is 7.35. The van der Waals surface area contributed by atoms with Gasteiger partial charge >= 0.3 is 0 Å². The molecule has 2 amide bonds. The molecular formula is C20H15NO2. The van der Waals surface area contributed by atoms with E-state index >= 15 is 0 Å². The first kappa shape index (κ1) is 12.1. The van der Waals surface area contributed by atoms with Gasteiger partial charge in [-0.2, -0.15) is 0 Å². The van der Waals surface area contributed by atoms with E-state index in [0.29, 0.717) is 0 Å². The Kier molecular flexibility index (Phi) is 1.78. The van der Waals surface area contributed by atoms with Crippen LogP contribution >= 0.6 is 0 Å². The predicted molar refractivity (Wildman–Crippen MR) is 83.8 cm³/mol. The molecule has 1 saturated heterocycles. The minimum absolute atomic E-state index is 0.0140. The van der Waals surface area contributed by atoms with Gasteiger partial charge in [-0.3, -0.25) is 14.9 Å². The Balaban J connectivity index is 1.81. The summed E-state index contributed by atoms with van der Waals surface area (Å²) in [6, 6.07) is 16.8. The van der Waals surface area contributed by atoms with Crippen LogP contribution in [0, 0.1) is 10.8 Å². The van der Waals surface area contributed by atoms with Crippen molar-refractivity contribution in [1.29, 1.82) is 0 Å².